The van der Waals surface area contributed by atoms with E-state index in [9.17, 15) is 9.59 Å². The topological polar surface area (TPSA) is 149 Å². The van der Waals surface area contributed by atoms with E-state index in [0.29, 0.717) is 29.9 Å². The van der Waals surface area contributed by atoms with Gasteiger partial charge in [-0.3, -0.25) is 0 Å². The number of aliphatic carboxylic acids is 1. The second-order valence-corrected chi connectivity index (χ2v) is 14.4. The Morgan fingerprint density at radius 3 is 1.31 bits per heavy atom. The van der Waals surface area contributed by atoms with Gasteiger partial charge in [-0.25, -0.2) is 9.59 Å². The van der Waals surface area contributed by atoms with Crippen molar-refractivity contribution in [3.05, 3.63) is 116 Å². The number of hydrogen-bond acceptors (Lipinski definition) is 10. The molecule has 4 aromatic rings. The van der Waals surface area contributed by atoms with Gasteiger partial charge in [0.1, 0.15) is 23.0 Å². The number of benzene rings is 4. The van der Waals surface area contributed by atoms with E-state index in [-0.39, 0.29) is 67.8 Å². The van der Waals surface area contributed by atoms with Crippen molar-refractivity contribution in [2.75, 3.05) is 47.6 Å². The van der Waals surface area contributed by atoms with Crippen LogP contribution in [-0.4, -0.2) is 70.1 Å². The predicted octanol–water partition coefficient (Wildman–Crippen LogP) is 6.23. The first-order valence-corrected chi connectivity index (χ1v) is 19.0. The summed E-state index contributed by atoms with van der Waals surface area (Å²) >= 11 is 0. The maximum Gasteiger partial charge on any atom is 1.00 e. The zero-order valence-electron chi connectivity index (χ0n) is 36.4. The summed E-state index contributed by atoms with van der Waals surface area (Å²) < 4.78 is 37.2. The van der Waals surface area contributed by atoms with Crippen molar-refractivity contribution < 1.29 is 82.9 Å². The molecule has 0 bridgehead atoms. The first-order chi connectivity index (χ1) is 26.7. The van der Waals surface area contributed by atoms with Crippen molar-refractivity contribution in [2.45, 2.75) is 87.0 Å². The Morgan fingerprint density at radius 2 is 0.983 bits per heavy atom. The third-order valence-corrected chi connectivity index (χ3v) is 9.18. The molecule has 0 unspecified atom stereocenters. The molecule has 58 heavy (non-hydrogen) atoms. The zero-order chi connectivity index (χ0) is 41.4. The predicted molar refractivity (Wildman–Crippen MR) is 221 cm³/mol. The summed E-state index contributed by atoms with van der Waals surface area (Å²) in [5.41, 5.74) is 11.7. The SMILES string of the molecule is CCOC(=O)COc1cc(C)c(Cc2ccc(OCOC)c(C(C)C)c2)c(C)c1.COCOc1ccc(Cc2c(C)cc(OCC(=O)O)cc2C)cc1C(C)C.[Na+].[OH-]. The summed E-state index contributed by atoms with van der Waals surface area (Å²) in [6, 6.07) is 20.3. The standard InChI is InChI=1S/C24H32O5.C22H28O5.Na.H2O/c1-7-27-24(25)14-28-20-10-17(4)22(18(5)11-20)13-19-8-9-23(29-15-26-6)21(12-19)16(2)3;1-14(2)19-10-17(6-7-21(19)27-13-25-5)11-20-15(3)8-18(9-16(20)4)26-12-22(23)24;;/h8-12,16H,7,13-15H2,1-6H3;6-10,14H,11-13H2,1-5H3,(H,23,24);;1H2/q;;+1;/p-1. The minimum Gasteiger partial charge on any atom is -0.870 e. The molecule has 0 amide bonds. The maximum atomic E-state index is 11.5. The summed E-state index contributed by atoms with van der Waals surface area (Å²) in [6.07, 6.45) is 1.61. The first-order valence-electron chi connectivity index (χ1n) is 19.0. The number of esters is 1. The zero-order valence-corrected chi connectivity index (χ0v) is 38.4. The van der Waals surface area contributed by atoms with Gasteiger partial charge in [-0.05, 0) is 151 Å². The van der Waals surface area contributed by atoms with Gasteiger partial charge in [0.05, 0.1) is 6.61 Å². The van der Waals surface area contributed by atoms with Gasteiger partial charge < -0.3 is 43.7 Å². The van der Waals surface area contributed by atoms with E-state index in [1.807, 2.05) is 50.2 Å². The van der Waals surface area contributed by atoms with Crippen LogP contribution in [0.25, 0.3) is 0 Å². The Balaban J connectivity index is 0.000000562. The van der Waals surface area contributed by atoms with Gasteiger partial charge in [0.25, 0.3) is 0 Å². The van der Waals surface area contributed by atoms with Crippen LogP contribution in [0.2, 0.25) is 0 Å². The molecule has 0 saturated carbocycles. The molecule has 0 fully saturated rings. The molecular formula is C46H61NaO11. The van der Waals surface area contributed by atoms with Crippen LogP contribution in [0.5, 0.6) is 23.0 Å². The molecule has 0 spiro atoms. The van der Waals surface area contributed by atoms with Gasteiger partial charge in [0, 0.05) is 14.2 Å². The van der Waals surface area contributed by atoms with Crippen LogP contribution in [0.15, 0.2) is 60.7 Å². The molecule has 0 aliphatic heterocycles. The molecule has 0 aromatic heterocycles. The van der Waals surface area contributed by atoms with Crippen molar-refractivity contribution in [2.24, 2.45) is 0 Å². The molecule has 0 heterocycles. The Labute approximate surface area is 366 Å². The fraction of sp³-hybridized carbons (Fsp3) is 0.435. The number of ether oxygens (including phenoxy) is 7. The Hall–Kier alpha value is -4.10. The average molecular weight is 813 g/mol. The van der Waals surface area contributed by atoms with Crippen LogP contribution in [0.1, 0.15) is 102 Å². The van der Waals surface area contributed by atoms with Crippen molar-refractivity contribution in [3.8, 4) is 23.0 Å². The molecular weight excluding hydrogens is 751 g/mol. The van der Waals surface area contributed by atoms with Crippen molar-refractivity contribution in [1.82, 2.24) is 0 Å². The van der Waals surface area contributed by atoms with Crippen molar-refractivity contribution in [3.63, 3.8) is 0 Å². The van der Waals surface area contributed by atoms with E-state index >= 15 is 0 Å². The minimum absolute atomic E-state index is 0. The number of methoxy groups -OCH3 is 2. The maximum absolute atomic E-state index is 11.5. The molecule has 4 aromatic carbocycles. The van der Waals surface area contributed by atoms with E-state index in [4.69, 9.17) is 38.3 Å². The fourth-order valence-corrected chi connectivity index (χ4v) is 6.36. The van der Waals surface area contributed by atoms with Crippen LogP contribution in [0.4, 0.5) is 0 Å². The molecule has 4 rings (SSSR count). The fourth-order valence-electron chi connectivity index (χ4n) is 6.36. The third kappa shape index (κ3) is 16.3. The quantitative estimate of drug-likeness (QED) is 0.0653. The van der Waals surface area contributed by atoms with E-state index in [1.165, 1.54) is 27.8 Å². The Morgan fingerprint density at radius 1 is 0.603 bits per heavy atom. The Bertz CT molecular complexity index is 1860. The van der Waals surface area contributed by atoms with Gasteiger partial charge in [-0.15, -0.1) is 0 Å². The minimum atomic E-state index is -0.980. The van der Waals surface area contributed by atoms with Gasteiger partial charge in [-0.2, -0.15) is 0 Å². The smallest absolute Gasteiger partial charge is 0.870 e. The number of hydrogen-bond donors (Lipinski definition) is 1. The number of carboxylic acids is 1. The van der Waals surface area contributed by atoms with Gasteiger partial charge >= 0.3 is 41.5 Å². The summed E-state index contributed by atoms with van der Waals surface area (Å²) in [6.45, 7) is 19.0. The molecule has 12 heteroatoms. The van der Waals surface area contributed by atoms with Crippen LogP contribution < -0.4 is 48.5 Å². The number of carbonyl (C=O) groups excluding carboxylic acids is 1. The molecule has 0 atom stereocenters. The molecule has 11 nitrogen and oxygen atoms in total. The van der Waals surface area contributed by atoms with E-state index in [1.54, 1.807) is 21.1 Å². The summed E-state index contributed by atoms with van der Waals surface area (Å²) in [5, 5.41) is 8.77. The third-order valence-electron chi connectivity index (χ3n) is 9.18. The van der Waals surface area contributed by atoms with Gasteiger partial charge in [0.2, 0.25) is 0 Å². The molecule has 2 N–H and O–H groups in total. The average Bonchev–Trinajstić information content (AvgIpc) is 3.15. The second kappa shape index (κ2) is 26.1. The van der Waals surface area contributed by atoms with E-state index in [0.717, 1.165) is 52.2 Å². The molecule has 0 saturated heterocycles. The van der Waals surface area contributed by atoms with Gasteiger partial charge in [0.15, 0.2) is 26.8 Å². The Kier molecular flexibility index (Phi) is 23.4. The van der Waals surface area contributed by atoms with E-state index < -0.39 is 5.97 Å². The first kappa shape index (κ1) is 51.9. The van der Waals surface area contributed by atoms with E-state index in [2.05, 4.69) is 65.8 Å². The van der Waals surface area contributed by atoms with Crippen LogP contribution in [0, 0.1) is 27.7 Å². The van der Waals surface area contributed by atoms with Crippen molar-refractivity contribution >= 4 is 11.9 Å². The number of rotatable bonds is 19. The van der Waals surface area contributed by atoms with Crippen LogP contribution in [-0.2, 0) is 36.6 Å². The molecule has 0 radical (unpaired) electrons. The van der Waals surface area contributed by atoms with Crippen molar-refractivity contribution in [1.29, 1.82) is 0 Å². The molecule has 312 valence electrons. The number of carboxylic acid groups (broad SMARTS) is 1. The summed E-state index contributed by atoms with van der Waals surface area (Å²) in [7, 11) is 3.23. The normalized spacial score (nSPS) is 10.5. The summed E-state index contributed by atoms with van der Waals surface area (Å²) in [4.78, 5) is 22.2. The summed E-state index contributed by atoms with van der Waals surface area (Å²) in [5.74, 6) is 2.33. The second-order valence-electron chi connectivity index (χ2n) is 14.4. The molecule has 0 aliphatic rings. The number of aryl methyl sites for hydroxylation is 4. The van der Waals surface area contributed by atoms with Crippen LogP contribution in [0.3, 0.4) is 0 Å². The van der Waals surface area contributed by atoms with Crippen LogP contribution >= 0.6 is 0 Å². The molecule has 0 aliphatic carbocycles. The number of carbonyl (C=O) groups is 2. The monoisotopic (exact) mass is 812 g/mol. The van der Waals surface area contributed by atoms with Gasteiger partial charge in [-0.1, -0.05) is 52.0 Å². The largest absolute Gasteiger partial charge is 1.00 e.